The first-order chi connectivity index (χ1) is 7.89. The number of anilines is 1. The van der Waals surface area contributed by atoms with E-state index in [1.807, 2.05) is 26.8 Å². The predicted molar refractivity (Wildman–Crippen MR) is 69.2 cm³/mol. The molecule has 0 bridgehead atoms. The van der Waals surface area contributed by atoms with E-state index in [2.05, 4.69) is 20.9 Å². The van der Waals surface area contributed by atoms with Crippen molar-refractivity contribution >= 4 is 27.5 Å². The van der Waals surface area contributed by atoms with Gasteiger partial charge in [-0.3, -0.25) is 4.79 Å². The van der Waals surface area contributed by atoms with Crippen molar-refractivity contribution < 1.29 is 9.53 Å². The highest BCUT2D eigenvalue weighted by molar-refractivity contribution is 9.10. The maximum Gasteiger partial charge on any atom is 0.238 e. The summed E-state index contributed by atoms with van der Waals surface area (Å²) in [5, 5.41) is 0. The van der Waals surface area contributed by atoms with Crippen molar-refractivity contribution in [3.8, 4) is 5.88 Å². The van der Waals surface area contributed by atoms with E-state index in [0.717, 1.165) is 10.2 Å². The molecule has 0 saturated carbocycles. The summed E-state index contributed by atoms with van der Waals surface area (Å²) in [5.74, 6) is 0.610. The van der Waals surface area contributed by atoms with Crippen LogP contribution in [0.5, 0.6) is 5.88 Å². The lowest BCUT2D eigenvalue weighted by Gasteiger charge is -2.33. The highest BCUT2D eigenvalue weighted by Crippen LogP contribution is 2.34. The molecule has 4 nitrogen and oxygen atoms in total. The summed E-state index contributed by atoms with van der Waals surface area (Å²) in [6, 6.07) is 1.87. The summed E-state index contributed by atoms with van der Waals surface area (Å²) in [7, 11) is 0. The van der Waals surface area contributed by atoms with Crippen LogP contribution >= 0.6 is 15.9 Å². The Morgan fingerprint density at radius 3 is 2.88 bits per heavy atom. The van der Waals surface area contributed by atoms with Crippen LogP contribution in [0.15, 0.2) is 16.7 Å². The van der Waals surface area contributed by atoms with Crippen LogP contribution in [0.2, 0.25) is 0 Å². The molecule has 5 heteroatoms. The number of carbonyl (C=O) groups excluding carboxylic acids is 1. The molecule has 0 radical (unpaired) electrons. The van der Waals surface area contributed by atoms with E-state index < -0.39 is 5.41 Å². The smallest absolute Gasteiger partial charge is 0.238 e. The van der Waals surface area contributed by atoms with Gasteiger partial charge in [0.1, 0.15) is 12.3 Å². The van der Waals surface area contributed by atoms with E-state index in [4.69, 9.17) is 4.74 Å². The Kier molecular flexibility index (Phi) is 3.12. The number of halogens is 1. The number of nitrogens with zero attached hydrogens (tertiary/aromatic N) is 2. The Morgan fingerprint density at radius 1 is 1.53 bits per heavy atom. The van der Waals surface area contributed by atoms with Crippen LogP contribution < -0.4 is 9.64 Å². The summed E-state index contributed by atoms with van der Waals surface area (Å²) in [6.07, 6.45) is 1.67. The van der Waals surface area contributed by atoms with Crippen molar-refractivity contribution in [2.75, 3.05) is 18.1 Å². The van der Waals surface area contributed by atoms with Gasteiger partial charge < -0.3 is 9.64 Å². The van der Waals surface area contributed by atoms with E-state index in [9.17, 15) is 4.79 Å². The fourth-order valence-corrected chi connectivity index (χ4v) is 2.01. The summed E-state index contributed by atoms with van der Waals surface area (Å²) in [4.78, 5) is 18.2. The van der Waals surface area contributed by atoms with Gasteiger partial charge >= 0.3 is 0 Å². The third-order valence-corrected chi connectivity index (χ3v) is 2.96. The molecule has 0 fully saturated rings. The lowest BCUT2D eigenvalue weighted by molar-refractivity contribution is -0.126. The molecule has 0 spiro atoms. The zero-order chi connectivity index (χ0) is 12.6. The second-order valence-corrected chi connectivity index (χ2v) is 5.95. The lowest BCUT2D eigenvalue weighted by atomic mass is 9.94. The standard InChI is InChI=1S/C12H15BrN2O2/c1-12(2,3)11(16)15-4-5-17-10-9(15)6-8(13)7-14-10/h6-7H,4-5H2,1-3H3. The molecule has 0 unspecified atom stereocenters. The third-order valence-electron chi connectivity index (χ3n) is 2.53. The third kappa shape index (κ3) is 2.44. The van der Waals surface area contributed by atoms with E-state index >= 15 is 0 Å². The average molecular weight is 299 g/mol. The Morgan fingerprint density at radius 2 is 2.24 bits per heavy atom. The highest BCUT2D eigenvalue weighted by Gasteiger charge is 2.32. The predicted octanol–water partition coefficient (Wildman–Crippen LogP) is 2.62. The molecule has 2 rings (SSSR count). The van der Waals surface area contributed by atoms with Crippen LogP contribution in [-0.2, 0) is 4.79 Å². The topological polar surface area (TPSA) is 42.4 Å². The summed E-state index contributed by atoms with van der Waals surface area (Å²) >= 11 is 3.36. The number of pyridine rings is 1. The minimum atomic E-state index is -0.406. The normalized spacial score (nSPS) is 15.2. The minimum Gasteiger partial charge on any atom is -0.474 e. The zero-order valence-electron chi connectivity index (χ0n) is 10.2. The van der Waals surface area contributed by atoms with Crippen molar-refractivity contribution in [2.45, 2.75) is 20.8 Å². The first-order valence-electron chi connectivity index (χ1n) is 5.50. The van der Waals surface area contributed by atoms with Gasteiger partial charge in [-0.05, 0) is 22.0 Å². The lowest BCUT2D eigenvalue weighted by Crippen LogP contribution is -2.44. The quantitative estimate of drug-likeness (QED) is 0.739. The van der Waals surface area contributed by atoms with Crippen LogP contribution in [0.25, 0.3) is 0 Å². The second-order valence-electron chi connectivity index (χ2n) is 5.03. The second kappa shape index (κ2) is 4.29. The summed E-state index contributed by atoms with van der Waals surface area (Å²) < 4.78 is 6.29. The van der Waals surface area contributed by atoms with Crippen molar-refractivity contribution in [3.63, 3.8) is 0 Å². The van der Waals surface area contributed by atoms with Crippen molar-refractivity contribution in [1.82, 2.24) is 4.98 Å². The molecule has 0 aromatic carbocycles. The molecule has 2 heterocycles. The van der Waals surface area contributed by atoms with Gasteiger partial charge in [0.25, 0.3) is 0 Å². The Labute approximate surface area is 109 Å². The van der Waals surface area contributed by atoms with Crippen molar-refractivity contribution in [2.24, 2.45) is 5.41 Å². The maximum absolute atomic E-state index is 12.3. The van der Waals surface area contributed by atoms with Gasteiger partial charge in [-0.25, -0.2) is 4.98 Å². The number of ether oxygens (including phenoxy) is 1. The minimum absolute atomic E-state index is 0.0851. The molecule has 0 aliphatic carbocycles. The maximum atomic E-state index is 12.3. The van der Waals surface area contributed by atoms with Gasteiger partial charge in [0, 0.05) is 16.1 Å². The average Bonchev–Trinajstić information content (AvgIpc) is 2.26. The number of rotatable bonds is 0. The molecule has 17 heavy (non-hydrogen) atoms. The molecular weight excluding hydrogens is 284 g/mol. The molecule has 1 aliphatic rings. The van der Waals surface area contributed by atoms with Gasteiger partial charge in [-0.1, -0.05) is 20.8 Å². The monoisotopic (exact) mass is 298 g/mol. The highest BCUT2D eigenvalue weighted by atomic mass is 79.9. The Balaban J connectivity index is 2.41. The van der Waals surface area contributed by atoms with Gasteiger partial charge in [0.15, 0.2) is 0 Å². The zero-order valence-corrected chi connectivity index (χ0v) is 11.7. The van der Waals surface area contributed by atoms with Crippen molar-refractivity contribution in [1.29, 1.82) is 0 Å². The number of fused-ring (bicyclic) bond motifs is 1. The van der Waals surface area contributed by atoms with E-state index in [1.54, 1.807) is 11.1 Å². The molecule has 1 amide bonds. The van der Waals surface area contributed by atoms with Crippen molar-refractivity contribution in [3.05, 3.63) is 16.7 Å². The summed E-state index contributed by atoms with van der Waals surface area (Å²) in [6.45, 7) is 6.80. The molecule has 1 aliphatic heterocycles. The molecule has 0 atom stereocenters. The van der Waals surface area contributed by atoms with Crippen LogP contribution in [-0.4, -0.2) is 24.0 Å². The largest absolute Gasteiger partial charge is 0.474 e. The van der Waals surface area contributed by atoms with Gasteiger partial charge in [0.2, 0.25) is 11.8 Å². The number of hydrogen-bond acceptors (Lipinski definition) is 3. The fraction of sp³-hybridized carbons (Fsp3) is 0.500. The molecule has 0 saturated heterocycles. The molecule has 1 aromatic rings. The molecular formula is C12H15BrN2O2. The van der Waals surface area contributed by atoms with Gasteiger partial charge in [-0.15, -0.1) is 0 Å². The van der Waals surface area contributed by atoms with Crippen LogP contribution in [0, 0.1) is 5.41 Å². The van der Waals surface area contributed by atoms with E-state index in [-0.39, 0.29) is 5.91 Å². The van der Waals surface area contributed by atoms with Gasteiger partial charge in [-0.2, -0.15) is 0 Å². The van der Waals surface area contributed by atoms with Gasteiger partial charge in [0.05, 0.1) is 6.54 Å². The molecule has 1 aromatic heterocycles. The first kappa shape index (κ1) is 12.4. The van der Waals surface area contributed by atoms with E-state index in [1.165, 1.54) is 0 Å². The van der Waals surface area contributed by atoms with Crippen LogP contribution in [0.1, 0.15) is 20.8 Å². The number of carbonyl (C=O) groups is 1. The first-order valence-corrected chi connectivity index (χ1v) is 6.29. The Bertz CT molecular complexity index is 454. The number of hydrogen-bond donors (Lipinski definition) is 0. The number of aromatic nitrogens is 1. The fourth-order valence-electron chi connectivity index (χ4n) is 1.69. The SMILES string of the molecule is CC(C)(C)C(=O)N1CCOc2ncc(Br)cc21. The molecule has 0 N–H and O–H groups in total. The van der Waals surface area contributed by atoms with E-state index in [0.29, 0.717) is 19.0 Å². The van der Waals surface area contributed by atoms with Crippen LogP contribution in [0.3, 0.4) is 0 Å². The number of amides is 1. The Hall–Kier alpha value is -1.10. The summed E-state index contributed by atoms with van der Waals surface area (Å²) in [5.41, 5.74) is 0.335. The molecule has 92 valence electrons. The van der Waals surface area contributed by atoms with Crippen LogP contribution in [0.4, 0.5) is 5.69 Å².